The standard InChI is InChI=1S/C13H7Cl3O/c14-6-1-2-8-9(3-6)13(17)10-4-7(15)5-11(16)12(8)10/h1-5,13,17H/t13-/m1/s1. The van der Waals surface area contributed by atoms with Crippen LogP contribution in [0.2, 0.25) is 15.1 Å². The van der Waals surface area contributed by atoms with Crippen molar-refractivity contribution in [2.24, 2.45) is 0 Å². The zero-order chi connectivity index (χ0) is 12.2. The Balaban J connectivity index is 2.35. The Morgan fingerprint density at radius 1 is 0.882 bits per heavy atom. The summed E-state index contributed by atoms with van der Waals surface area (Å²) in [5.41, 5.74) is 3.27. The van der Waals surface area contributed by atoms with Crippen LogP contribution >= 0.6 is 34.8 Å². The molecule has 0 amide bonds. The monoisotopic (exact) mass is 284 g/mol. The molecule has 4 heteroatoms. The van der Waals surface area contributed by atoms with Crippen molar-refractivity contribution in [2.75, 3.05) is 0 Å². The van der Waals surface area contributed by atoms with E-state index in [0.717, 1.165) is 22.3 Å². The van der Waals surface area contributed by atoms with Crippen molar-refractivity contribution in [3.05, 3.63) is 56.5 Å². The summed E-state index contributed by atoms with van der Waals surface area (Å²) >= 11 is 18.1. The Labute approximate surface area is 114 Å². The van der Waals surface area contributed by atoms with Crippen molar-refractivity contribution in [3.63, 3.8) is 0 Å². The third-order valence-corrected chi connectivity index (χ3v) is 3.71. The van der Waals surface area contributed by atoms with Crippen molar-refractivity contribution >= 4 is 34.8 Å². The number of aliphatic hydroxyl groups is 1. The Hall–Kier alpha value is -0.730. The van der Waals surface area contributed by atoms with Crippen LogP contribution in [0.15, 0.2) is 30.3 Å². The van der Waals surface area contributed by atoms with Crippen LogP contribution in [0, 0.1) is 0 Å². The van der Waals surface area contributed by atoms with Gasteiger partial charge in [0.2, 0.25) is 0 Å². The van der Waals surface area contributed by atoms with Crippen molar-refractivity contribution in [3.8, 4) is 11.1 Å². The summed E-state index contributed by atoms with van der Waals surface area (Å²) in [6.07, 6.45) is -0.713. The normalized spacial score (nSPS) is 16.8. The first-order chi connectivity index (χ1) is 8.08. The van der Waals surface area contributed by atoms with Crippen molar-refractivity contribution < 1.29 is 5.11 Å². The van der Waals surface area contributed by atoms with Gasteiger partial charge in [0.1, 0.15) is 6.10 Å². The first-order valence-corrected chi connectivity index (χ1v) is 6.18. The summed E-state index contributed by atoms with van der Waals surface area (Å²) in [6.45, 7) is 0. The predicted molar refractivity (Wildman–Crippen MR) is 71.0 cm³/mol. The molecule has 86 valence electrons. The van der Waals surface area contributed by atoms with Gasteiger partial charge in [-0.2, -0.15) is 0 Å². The first kappa shape index (κ1) is 11.4. The molecule has 0 aliphatic heterocycles. The molecule has 0 unspecified atom stereocenters. The van der Waals surface area contributed by atoms with Gasteiger partial charge in [-0.3, -0.25) is 0 Å². The van der Waals surface area contributed by atoms with Gasteiger partial charge in [-0.05, 0) is 41.0 Å². The maximum Gasteiger partial charge on any atom is 0.105 e. The van der Waals surface area contributed by atoms with Gasteiger partial charge in [0, 0.05) is 15.6 Å². The van der Waals surface area contributed by atoms with E-state index in [0.29, 0.717) is 15.1 Å². The fraction of sp³-hybridized carbons (Fsp3) is 0.0769. The number of fused-ring (bicyclic) bond motifs is 3. The van der Waals surface area contributed by atoms with Gasteiger partial charge in [0.05, 0.1) is 5.02 Å². The van der Waals surface area contributed by atoms with Crippen LogP contribution in [0.1, 0.15) is 17.2 Å². The second-order valence-electron chi connectivity index (χ2n) is 3.99. The molecular formula is C13H7Cl3O. The molecule has 1 aliphatic rings. The van der Waals surface area contributed by atoms with Crippen molar-refractivity contribution in [1.29, 1.82) is 0 Å². The Bertz CT molecular complexity index is 622. The maximum absolute atomic E-state index is 10.2. The zero-order valence-electron chi connectivity index (χ0n) is 8.55. The summed E-state index contributed by atoms with van der Waals surface area (Å²) < 4.78 is 0. The minimum absolute atomic E-state index is 0.520. The minimum atomic E-state index is -0.713. The molecule has 1 nitrogen and oxygen atoms in total. The van der Waals surface area contributed by atoms with Crippen molar-refractivity contribution in [2.45, 2.75) is 6.10 Å². The van der Waals surface area contributed by atoms with Crippen LogP contribution in [0.3, 0.4) is 0 Å². The number of rotatable bonds is 0. The van der Waals surface area contributed by atoms with Crippen LogP contribution in [-0.4, -0.2) is 5.11 Å². The Morgan fingerprint density at radius 3 is 2.35 bits per heavy atom. The molecule has 1 atom stereocenters. The zero-order valence-corrected chi connectivity index (χ0v) is 10.8. The average Bonchev–Trinajstić information content (AvgIpc) is 2.53. The van der Waals surface area contributed by atoms with Gasteiger partial charge < -0.3 is 5.11 Å². The third-order valence-electron chi connectivity index (χ3n) is 2.96. The SMILES string of the molecule is O[C@@H]1c2cc(Cl)ccc2-c2c(Cl)cc(Cl)cc21. The van der Waals surface area contributed by atoms with Gasteiger partial charge in [0.15, 0.2) is 0 Å². The highest BCUT2D eigenvalue weighted by Gasteiger charge is 2.29. The minimum Gasteiger partial charge on any atom is -0.384 e. The summed E-state index contributed by atoms with van der Waals surface area (Å²) in [7, 11) is 0. The first-order valence-electron chi connectivity index (χ1n) is 5.05. The molecule has 0 heterocycles. The molecular weight excluding hydrogens is 279 g/mol. The van der Waals surface area contributed by atoms with E-state index in [4.69, 9.17) is 34.8 Å². The van der Waals surface area contributed by atoms with E-state index >= 15 is 0 Å². The number of halogens is 3. The molecule has 17 heavy (non-hydrogen) atoms. The molecule has 0 saturated carbocycles. The number of hydrogen-bond acceptors (Lipinski definition) is 1. The van der Waals surface area contributed by atoms with Crippen LogP contribution in [-0.2, 0) is 0 Å². The highest BCUT2D eigenvalue weighted by atomic mass is 35.5. The maximum atomic E-state index is 10.2. The topological polar surface area (TPSA) is 20.2 Å². The van der Waals surface area contributed by atoms with Crippen LogP contribution in [0.4, 0.5) is 0 Å². The van der Waals surface area contributed by atoms with E-state index in [1.165, 1.54) is 0 Å². The molecule has 1 aliphatic carbocycles. The second kappa shape index (κ2) is 3.89. The summed E-state index contributed by atoms with van der Waals surface area (Å²) in [4.78, 5) is 0. The van der Waals surface area contributed by atoms with E-state index in [-0.39, 0.29) is 0 Å². The molecule has 3 rings (SSSR count). The highest BCUT2D eigenvalue weighted by molar-refractivity contribution is 6.37. The molecule has 0 spiro atoms. The average molecular weight is 286 g/mol. The molecule has 0 aromatic heterocycles. The van der Waals surface area contributed by atoms with Crippen LogP contribution in [0.5, 0.6) is 0 Å². The van der Waals surface area contributed by atoms with E-state index in [2.05, 4.69) is 0 Å². The van der Waals surface area contributed by atoms with Gasteiger partial charge in [-0.1, -0.05) is 40.9 Å². The molecule has 0 saturated heterocycles. The van der Waals surface area contributed by atoms with Gasteiger partial charge in [0.25, 0.3) is 0 Å². The Kier molecular flexibility index (Phi) is 2.60. The number of hydrogen-bond donors (Lipinski definition) is 1. The number of aliphatic hydroxyl groups excluding tert-OH is 1. The predicted octanol–water partition coefficient (Wildman–Crippen LogP) is 4.71. The van der Waals surface area contributed by atoms with Crippen molar-refractivity contribution in [1.82, 2.24) is 0 Å². The van der Waals surface area contributed by atoms with Gasteiger partial charge in [-0.15, -0.1) is 0 Å². The van der Waals surface area contributed by atoms with Crippen LogP contribution in [0.25, 0.3) is 11.1 Å². The highest BCUT2D eigenvalue weighted by Crippen LogP contribution is 2.48. The molecule has 0 radical (unpaired) electrons. The lowest BCUT2D eigenvalue weighted by atomic mass is 10.1. The lowest BCUT2D eigenvalue weighted by Crippen LogP contribution is -1.93. The Morgan fingerprint density at radius 2 is 1.59 bits per heavy atom. The largest absolute Gasteiger partial charge is 0.384 e. The lowest BCUT2D eigenvalue weighted by molar-refractivity contribution is 0.225. The molecule has 1 N–H and O–H groups in total. The molecule has 2 aromatic carbocycles. The molecule has 0 fully saturated rings. The van der Waals surface area contributed by atoms with Crippen LogP contribution < -0.4 is 0 Å². The third kappa shape index (κ3) is 1.66. The van der Waals surface area contributed by atoms with E-state index in [1.807, 2.05) is 6.07 Å². The fourth-order valence-corrected chi connectivity index (χ4v) is 3.04. The van der Waals surface area contributed by atoms with E-state index in [9.17, 15) is 5.11 Å². The van der Waals surface area contributed by atoms with Gasteiger partial charge >= 0.3 is 0 Å². The smallest absolute Gasteiger partial charge is 0.105 e. The summed E-state index contributed by atoms with van der Waals surface area (Å²) in [5, 5.41) is 11.9. The summed E-state index contributed by atoms with van der Waals surface area (Å²) in [6, 6.07) is 8.82. The summed E-state index contributed by atoms with van der Waals surface area (Å²) in [5.74, 6) is 0. The quantitative estimate of drug-likeness (QED) is 0.743. The second-order valence-corrected chi connectivity index (χ2v) is 5.27. The van der Waals surface area contributed by atoms with Gasteiger partial charge in [-0.25, -0.2) is 0 Å². The fourth-order valence-electron chi connectivity index (χ4n) is 2.25. The molecule has 2 aromatic rings. The molecule has 0 bridgehead atoms. The number of benzene rings is 2. The lowest BCUT2D eigenvalue weighted by Gasteiger charge is -2.06. The van der Waals surface area contributed by atoms with E-state index in [1.54, 1.807) is 24.3 Å². The van der Waals surface area contributed by atoms with E-state index < -0.39 is 6.10 Å².